The van der Waals surface area contributed by atoms with Gasteiger partial charge in [0.05, 0.1) is 19.9 Å². The molecule has 1 aromatic carbocycles. The van der Waals surface area contributed by atoms with Gasteiger partial charge in [-0.05, 0) is 30.0 Å². The highest BCUT2D eigenvalue weighted by Gasteiger charge is 2.13. The molecule has 0 aliphatic heterocycles. The molecule has 0 aliphatic rings. The highest BCUT2D eigenvalue weighted by atomic mass is 32.2. The van der Waals surface area contributed by atoms with Crippen LogP contribution in [0.4, 0.5) is 0 Å². The summed E-state index contributed by atoms with van der Waals surface area (Å²) < 4.78 is 12.6. The zero-order chi connectivity index (χ0) is 17.2. The van der Waals surface area contributed by atoms with Gasteiger partial charge in [-0.1, -0.05) is 0 Å². The molecule has 0 unspecified atom stereocenters. The Hall–Kier alpha value is -3.07. The van der Waals surface area contributed by atoms with Crippen molar-refractivity contribution in [1.82, 2.24) is 29.5 Å². The van der Waals surface area contributed by atoms with Crippen LogP contribution in [-0.2, 0) is 0 Å². The largest absolute Gasteiger partial charge is 0.493 e. The summed E-state index contributed by atoms with van der Waals surface area (Å²) in [7, 11) is 3.22. The van der Waals surface area contributed by atoms with Crippen LogP contribution >= 0.6 is 11.8 Å². The summed E-state index contributed by atoms with van der Waals surface area (Å²) in [5.41, 5.74) is 2.48. The molecule has 0 saturated carbocycles. The maximum absolute atomic E-state index is 5.38. The first-order chi connectivity index (χ1) is 12.3. The van der Waals surface area contributed by atoms with Gasteiger partial charge in [0, 0.05) is 24.0 Å². The van der Waals surface area contributed by atoms with Gasteiger partial charge < -0.3 is 9.47 Å². The Morgan fingerprint density at radius 2 is 1.96 bits per heavy atom. The van der Waals surface area contributed by atoms with Crippen LogP contribution in [0.1, 0.15) is 0 Å². The van der Waals surface area contributed by atoms with Gasteiger partial charge in [0.1, 0.15) is 12.0 Å². The van der Waals surface area contributed by atoms with E-state index in [-0.39, 0.29) is 0 Å². The molecule has 3 heterocycles. The fourth-order valence-electron chi connectivity index (χ4n) is 2.44. The van der Waals surface area contributed by atoms with E-state index in [0.29, 0.717) is 16.7 Å². The van der Waals surface area contributed by atoms with Crippen LogP contribution in [0.15, 0.2) is 53.3 Å². The van der Waals surface area contributed by atoms with E-state index in [4.69, 9.17) is 14.5 Å². The van der Waals surface area contributed by atoms with Gasteiger partial charge in [0.25, 0.3) is 0 Å². The van der Waals surface area contributed by atoms with Crippen LogP contribution in [0.3, 0.4) is 0 Å². The molecule has 4 rings (SSSR count). The zero-order valence-electron chi connectivity index (χ0n) is 13.5. The van der Waals surface area contributed by atoms with Gasteiger partial charge in [-0.15, -0.1) is 0 Å². The molecule has 25 heavy (non-hydrogen) atoms. The molecule has 0 fully saturated rings. The standard InChI is InChI=1S/C16H14N6O2S/c1-23-12-4-3-10(7-13(12)24-2)11-8-14-17-5-6-22(14)16(20-11)25-15-18-9-19-21-15/h3-9H,1-2H3,(H,18,19,21). The van der Waals surface area contributed by atoms with Crippen LogP contribution < -0.4 is 9.47 Å². The van der Waals surface area contributed by atoms with E-state index < -0.39 is 0 Å². The lowest BCUT2D eigenvalue weighted by Crippen LogP contribution is -1.97. The molecule has 0 bridgehead atoms. The summed E-state index contributed by atoms with van der Waals surface area (Å²) in [5.74, 6) is 1.32. The average Bonchev–Trinajstić information content (AvgIpc) is 3.32. The van der Waals surface area contributed by atoms with Crippen LogP contribution in [0.5, 0.6) is 11.5 Å². The first-order valence-electron chi connectivity index (χ1n) is 7.38. The number of rotatable bonds is 5. The Morgan fingerprint density at radius 3 is 2.72 bits per heavy atom. The van der Waals surface area contributed by atoms with Gasteiger partial charge in [-0.25, -0.2) is 15.0 Å². The molecule has 0 saturated heterocycles. The highest BCUT2D eigenvalue weighted by Crippen LogP contribution is 2.33. The van der Waals surface area contributed by atoms with Crippen molar-refractivity contribution < 1.29 is 9.47 Å². The Kier molecular flexibility index (Phi) is 3.98. The van der Waals surface area contributed by atoms with Gasteiger partial charge in [0.15, 0.2) is 21.8 Å². The van der Waals surface area contributed by atoms with E-state index in [1.165, 1.54) is 18.1 Å². The van der Waals surface area contributed by atoms with Crippen LogP contribution in [0.2, 0.25) is 0 Å². The molecule has 4 aromatic rings. The molecule has 126 valence electrons. The summed E-state index contributed by atoms with van der Waals surface area (Å²) in [6.07, 6.45) is 5.06. The topological polar surface area (TPSA) is 90.2 Å². The van der Waals surface area contributed by atoms with Crippen molar-refractivity contribution in [2.75, 3.05) is 14.2 Å². The summed E-state index contributed by atoms with van der Waals surface area (Å²) in [5, 5.41) is 8.09. The number of H-pyrrole nitrogens is 1. The van der Waals surface area contributed by atoms with Crippen molar-refractivity contribution >= 4 is 17.4 Å². The first-order valence-corrected chi connectivity index (χ1v) is 8.20. The van der Waals surface area contributed by atoms with Gasteiger partial charge in [0.2, 0.25) is 0 Å². The second kappa shape index (κ2) is 6.44. The fourth-order valence-corrected chi connectivity index (χ4v) is 3.21. The third-order valence-corrected chi connectivity index (χ3v) is 4.48. The summed E-state index contributed by atoms with van der Waals surface area (Å²) in [6.45, 7) is 0. The Morgan fingerprint density at radius 1 is 1.08 bits per heavy atom. The first kappa shape index (κ1) is 15.5. The van der Waals surface area contributed by atoms with E-state index in [9.17, 15) is 0 Å². The number of ether oxygens (including phenoxy) is 2. The predicted molar refractivity (Wildman–Crippen MR) is 92.0 cm³/mol. The normalized spacial score (nSPS) is 11.0. The molecule has 0 radical (unpaired) electrons. The molecule has 1 N–H and O–H groups in total. The molecule has 0 spiro atoms. The van der Waals surface area contributed by atoms with E-state index in [2.05, 4.69) is 20.2 Å². The van der Waals surface area contributed by atoms with E-state index >= 15 is 0 Å². The number of fused-ring (bicyclic) bond motifs is 1. The van der Waals surface area contributed by atoms with Gasteiger partial charge in [-0.3, -0.25) is 9.50 Å². The van der Waals surface area contributed by atoms with Crippen molar-refractivity contribution in [3.8, 4) is 22.8 Å². The molecular weight excluding hydrogens is 340 g/mol. The van der Waals surface area contributed by atoms with Crippen molar-refractivity contribution in [2.24, 2.45) is 0 Å². The monoisotopic (exact) mass is 354 g/mol. The van der Waals surface area contributed by atoms with Crippen molar-refractivity contribution in [2.45, 2.75) is 10.3 Å². The third-order valence-electron chi connectivity index (χ3n) is 3.62. The highest BCUT2D eigenvalue weighted by molar-refractivity contribution is 7.99. The molecule has 0 aliphatic carbocycles. The minimum Gasteiger partial charge on any atom is -0.493 e. The molecule has 3 aromatic heterocycles. The van der Waals surface area contributed by atoms with E-state index in [1.807, 2.05) is 34.9 Å². The Bertz CT molecular complexity index is 1010. The van der Waals surface area contributed by atoms with Crippen molar-refractivity contribution in [1.29, 1.82) is 0 Å². The fraction of sp³-hybridized carbons (Fsp3) is 0.125. The zero-order valence-corrected chi connectivity index (χ0v) is 14.3. The van der Waals surface area contributed by atoms with Gasteiger partial charge >= 0.3 is 0 Å². The predicted octanol–water partition coefficient (Wildman–Crippen LogP) is 2.68. The van der Waals surface area contributed by atoms with Crippen molar-refractivity contribution in [3.63, 3.8) is 0 Å². The number of methoxy groups -OCH3 is 2. The molecule has 9 heteroatoms. The molecule has 8 nitrogen and oxygen atoms in total. The maximum atomic E-state index is 5.38. The summed E-state index contributed by atoms with van der Waals surface area (Å²) >= 11 is 1.38. The quantitative estimate of drug-likeness (QED) is 0.551. The number of hydrogen-bond donors (Lipinski definition) is 1. The smallest absolute Gasteiger partial charge is 0.191 e. The van der Waals surface area contributed by atoms with Gasteiger partial charge in [-0.2, -0.15) is 5.10 Å². The summed E-state index contributed by atoms with van der Waals surface area (Å²) in [6, 6.07) is 7.61. The summed E-state index contributed by atoms with van der Waals surface area (Å²) in [4.78, 5) is 13.3. The number of hydrogen-bond acceptors (Lipinski definition) is 7. The molecular formula is C16H14N6O2S. The lowest BCUT2D eigenvalue weighted by atomic mass is 10.1. The third kappa shape index (κ3) is 2.89. The number of aromatic nitrogens is 6. The number of imidazole rings is 1. The maximum Gasteiger partial charge on any atom is 0.191 e. The number of nitrogens with zero attached hydrogens (tertiary/aromatic N) is 5. The minimum absolute atomic E-state index is 0.648. The lowest BCUT2D eigenvalue weighted by molar-refractivity contribution is 0.355. The second-order valence-electron chi connectivity index (χ2n) is 5.04. The van der Waals surface area contributed by atoms with Crippen molar-refractivity contribution in [3.05, 3.63) is 43.0 Å². The number of benzene rings is 1. The molecule has 0 amide bonds. The van der Waals surface area contributed by atoms with E-state index in [1.54, 1.807) is 20.4 Å². The lowest BCUT2D eigenvalue weighted by Gasteiger charge is -2.10. The Labute approximate surface area is 147 Å². The Balaban J connectivity index is 1.82. The molecule has 0 atom stereocenters. The number of nitrogens with one attached hydrogen (secondary N) is 1. The average molecular weight is 354 g/mol. The van der Waals surface area contributed by atoms with E-state index in [0.717, 1.165) is 22.1 Å². The van der Waals surface area contributed by atoms with Crippen LogP contribution in [0.25, 0.3) is 16.9 Å². The minimum atomic E-state index is 0.648. The second-order valence-corrected chi connectivity index (χ2v) is 6.00. The SMILES string of the molecule is COc1ccc(-c2cc3nccn3c(Sc3ncn[nH]3)n2)cc1OC. The van der Waals surface area contributed by atoms with Crippen LogP contribution in [0, 0.1) is 0 Å². The number of aromatic amines is 1. The van der Waals surface area contributed by atoms with Crippen LogP contribution in [-0.4, -0.2) is 43.8 Å².